The Morgan fingerprint density at radius 3 is 2.35 bits per heavy atom. The Morgan fingerprint density at radius 1 is 1.20 bits per heavy atom. The lowest BCUT2D eigenvalue weighted by molar-refractivity contribution is 0.485. The Morgan fingerprint density at radius 2 is 1.85 bits per heavy atom. The molecule has 0 spiro atoms. The molecular weight excluding hydrogens is 268 g/mol. The fraction of sp³-hybridized carbons (Fsp3) is 0.647. The average molecular weight is 297 g/mol. The summed E-state index contributed by atoms with van der Waals surface area (Å²) in [5, 5.41) is 0.836. The molecule has 0 aliphatic carbocycles. The van der Waals surface area contributed by atoms with Gasteiger partial charge in [0.15, 0.2) is 0 Å². The number of hydrogen-bond donors (Lipinski definition) is 1. The molecule has 1 rings (SSSR count). The first-order valence-corrected chi connectivity index (χ1v) is 8.19. The molecule has 1 unspecified atom stereocenters. The molecule has 0 aliphatic rings. The van der Waals surface area contributed by atoms with Crippen molar-refractivity contribution in [3.8, 4) is 0 Å². The highest BCUT2D eigenvalue weighted by Gasteiger charge is 2.16. The van der Waals surface area contributed by atoms with E-state index in [0.717, 1.165) is 30.5 Å². The van der Waals surface area contributed by atoms with Crippen LogP contribution in [0.15, 0.2) is 18.2 Å². The molecule has 0 bridgehead atoms. The Hall–Kier alpha value is -0.730. The van der Waals surface area contributed by atoms with Crippen molar-refractivity contribution in [2.45, 2.75) is 53.0 Å². The molecule has 114 valence electrons. The average Bonchev–Trinajstić information content (AvgIpc) is 2.43. The van der Waals surface area contributed by atoms with E-state index in [-0.39, 0.29) is 6.04 Å². The van der Waals surface area contributed by atoms with Crippen LogP contribution in [-0.4, -0.2) is 19.1 Å². The van der Waals surface area contributed by atoms with E-state index in [9.17, 15) is 0 Å². The van der Waals surface area contributed by atoms with Gasteiger partial charge in [0.25, 0.3) is 0 Å². The molecule has 1 atom stereocenters. The van der Waals surface area contributed by atoms with Crippen LogP contribution in [0.5, 0.6) is 0 Å². The largest absolute Gasteiger partial charge is 0.371 e. The van der Waals surface area contributed by atoms with Crippen LogP contribution in [0, 0.1) is 5.92 Å². The summed E-state index contributed by atoms with van der Waals surface area (Å²) in [6.45, 7) is 10.9. The summed E-state index contributed by atoms with van der Waals surface area (Å²) in [4.78, 5) is 2.45. The molecule has 1 aromatic rings. The maximum Gasteiger partial charge on any atom is 0.0459 e. The second-order valence-corrected chi connectivity index (χ2v) is 6.05. The van der Waals surface area contributed by atoms with E-state index in [2.05, 4.69) is 31.7 Å². The quantitative estimate of drug-likeness (QED) is 0.766. The van der Waals surface area contributed by atoms with Crippen LogP contribution in [0.1, 0.15) is 46.1 Å². The van der Waals surface area contributed by atoms with E-state index < -0.39 is 0 Å². The SMILES string of the molecule is CCC(CC)CN(CC)c1cccc(Cl)c1CC(C)N. The van der Waals surface area contributed by atoms with Crippen LogP contribution in [0.4, 0.5) is 5.69 Å². The minimum absolute atomic E-state index is 0.125. The van der Waals surface area contributed by atoms with Gasteiger partial charge in [-0.25, -0.2) is 0 Å². The molecule has 0 saturated heterocycles. The Labute approximate surface area is 129 Å². The van der Waals surface area contributed by atoms with Gasteiger partial charge in [-0.15, -0.1) is 0 Å². The molecule has 0 fully saturated rings. The first-order valence-electron chi connectivity index (χ1n) is 7.81. The molecule has 0 aromatic heterocycles. The van der Waals surface area contributed by atoms with Crippen molar-refractivity contribution in [2.24, 2.45) is 11.7 Å². The van der Waals surface area contributed by atoms with Crippen LogP contribution in [0.25, 0.3) is 0 Å². The minimum Gasteiger partial charge on any atom is -0.371 e. The molecule has 1 aromatic carbocycles. The first kappa shape index (κ1) is 17.3. The van der Waals surface area contributed by atoms with Crippen molar-refractivity contribution in [1.82, 2.24) is 0 Å². The second kappa shape index (κ2) is 8.53. The number of anilines is 1. The zero-order valence-corrected chi connectivity index (χ0v) is 14.1. The van der Waals surface area contributed by atoms with Gasteiger partial charge in [-0.3, -0.25) is 0 Å². The molecule has 0 aliphatic heterocycles. The highest BCUT2D eigenvalue weighted by molar-refractivity contribution is 6.31. The number of nitrogens with zero attached hydrogens (tertiary/aromatic N) is 1. The molecule has 2 N–H and O–H groups in total. The summed E-state index contributed by atoms with van der Waals surface area (Å²) in [7, 11) is 0. The third-order valence-electron chi connectivity index (χ3n) is 3.98. The number of nitrogens with two attached hydrogens (primary N) is 1. The number of halogens is 1. The van der Waals surface area contributed by atoms with Crippen molar-refractivity contribution >= 4 is 17.3 Å². The molecule has 3 heteroatoms. The number of rotatable bonds is 8. The fourth-order valence-corrected chi connectivity index (χ4v) is 2.87. The predicted molar refractivity (Wildman–Crippen MR) is 90.8 cm³/mol. The van der Waals surface area contributed by atoms with E-state index in [1.54, 1.807) is 0 Å². The maximum absolute atomic E-state index is 6.40. The van der Waals surface area contributed by atoms with Crippen LogP contribution in [0.3, 0.4) is 0 Å². The number of benzene rings is 1. The van der Waals surface area contributed by atoms with Crippen LogP contribution in [0.2, 0.25) is 5.02 Å². The molecule has 2 nitrogen and oxygen atoms in total. The minimum atomic E-state index is 0.125. The molecule has 20 heavy (non-hydrogen) atoms. The molecule has 0 amide bonds. The number of hydrogen-bond acceptors (Lipinski definition) is 2. The van der Waals surface area contributed by atoms with Gasteiger partial charge in [-0.1, -0.05) is 44.4 Å². The van der Waals surface area contributed by atoms with Crippen molar-refractivity contribution in [3.63, 3.8) is 0 Å². The summed E-state index contributed by atoms with van der Waals surface area (Å²) in [5.41, 5.74) is 8.43. The van der Waals surface area contributed by atoms with Crippen LogP contribution >= 0.6 is 11.6 Å². The van der Waals surface area contributed by atoms with Gasteiger partial charge < -0.3 is 10.6 Å². The summed E-state index contributed by atoms with van der Waals surface area (Å²) in [5.74, 6) is 0.733. The van der Waals surface area contributed by atoms with E-state index in [4.69, 9.17) is 17.3 Å². The van der Waals surface area contributed by atoms with Gasteiger partial charge in [-0.05, 0) is 43.9 Å². The van der Waals surface area contributed by atoms with E-state index >= 15 is 0 Å². The van der Waals surface area contributed by atoms with Gasteiger partial charge in [-0.2, -0.15) is 0 Å². The molecule has 0 radical (unpaired) electrons. The smallest absolute Gasteiger partial charge is 0.0459 e. The Kier molecular flexibility index (Phi) is 7.39. The van der Waals surface area contributed by atoms with Crippen molar-refractivity contribution in [2.75, 3.05) is 18.0 Å². The second-order valence-electron chi connectivity index (χ2n) is 5.64. The Balaban J connectivity index is 3.04. The van der Waals surface area contributed by atoms with E-state index in [1.165, 1.54) is 24.1 Å². The summed E-state index contributed by atoms with van der Waals surface area (Å²) < 4.78 is 0. The third kappa shape index (κ3) is 4.68. The van der Waals surface area contributed by atoms with Gasteiger partial charge in [0.05, 0.1) is 0 Å². The highest BCUT2D eigenvalue weighted by Crippen LogP contribution is 2.29. The van der Waals surface area contributed by atoms with Gasteiger partial charge in [0.2, 0.25) is 0 Å². The summed E-state index contributed by atoms with van der Waals surface area (Å²) in [6, 6.07) is 6.31. The van der Waals surface area contributed by atoms with Crippen molar-refractivity contribution in [3.05, 3.63) is 28.8 Å². The van der Waals surface area contributed by atoms with Crippen LogP contribution < -0.4 is 10.6 Å². The van der Waals surface area contributed by atoms with Gasteiger partial charge in [0.1, 0.15) is 0 Å². The lowest BCUT2D eigenvalue weighted by Gasteiger charge is -2.30. The van der Waals surface area contributed by atoms with Gasteiger partial charge >= 0.3 is 0 Å². The molecular formula is C17H29ClN2. The third-order valence-corrected chi connectivity index (χ3v) is 4.33. The zero-order valence-electron chi connectivity index (χ0n) is 13.3. The Bertz CT molecular complexity index is 400. The first-order chi connectivity index (χ1) is 9.53. The standard InChI is InChI=1S/C17H29ClN2/c1-5-14(6-2)12-20(7-3)17-10-8-9-16(18)15(17)11-13(4)19/h8-10,13-14H,5-7,11-12,19H2,1-4H3. The fourth-order valence-electron chi connectivity index (χ4n) is 2.62. The lowest BCUT2D eigenvalue weighted by Crippen LogP contribution is -2.30. The highest BCUT2D eigenvalue weighted by atomic mass is 35.5. The topological polar surface area (TPSA) is 29.3 Å². The lowest BCUT2D eigenvalue weighted by atomic mass is 10.0. The maximum atomic E-state index is 6.40. The summed E-state index contributed by atoms with van der Waals surface area (Å²) >= 11 is 6.40. The van der Waals surface area contributed by atoms with Crippen molar-refractivity contribution < 1.29 is 0 Å². The predicted octanol–water partition coefficient (Wildman–Crippen LogP) is 4.49. The molecule has 0 heterocycles. The van der Waals surface area contributed by atoms with E-state index in [0.29, 0.717) is 0 Å². The summed E-state index contributed by atoms with van der Waals surface area (Å²) in [6.07, 6.45) is 3.26. The van der Waals surface area contributed by atoms with Crippen molar-refractivity contribution in [1.29, 1.82) is 0 Å². The van der Waals surface area contributed by atoms with Gasteiger partial charge in [0, 0.05) is 29.8 Å². The normalized spacial score (nSPS) is 12.8. The van der Waals surface area contributed by atoms with Crippen LogP contribution in [-0.2, 0) is 6.42 Å². The zero-order chi connectivity index (χ0) is 15.1. The monoisotopic (exact) mass is 296 g/mol. The van der Waals surface area contributed by atoms with E-state index in [1.807, 2.05) is 19.1 Å². The molecule has 0 saturated carbocycles.